The first-order valence-electron chi connectivity index (χ1n) is 3.67. The molecule has 0 spiro atoms. The van der Waals surface area contributed by atoms with E-state index in [2.05, 4.69) is 0 Å². The lowest BCUT2D eigenvalue weighted by atomic mass is 10.1. The van der Waals surface area contributed by atoms with Gasteiger partial charge >= 0.3 is 0 Å². The molecule has 1 rings (SSSR count). The Labute approximate surface area is 81.4 Å². The SMILES string of the molecule is CCOC1(Cl)C=CC(O)=C(Cl)C1. The number of halogens is 2. The molecule has 1 atom stereocenters. The van der Waals surface area contributed by atoms with Crippen LogP contribution in [0.15, 0.2) is 22.9 Å². The molecular weight excluding hydrogens is 199 g/mol. The molecule has 0 aromatic rings. The molecule has 12 heavy (non-hydrogen) atoms. The molecule has 4 heteroatoms. The molecule has 0 saturated heterocycles. The summed E-state index contributed by atoms with van der Waals surface area (Å²) in [4.78, 5) is 0. The standard InChI is InChI=1S/C8H10Cl2O2/c1-2-12-8(10)4-3-7(11)6(9)5-8/h3-4,11H,2,5H2,1H3. The van der Waals surface area contributed by atoms with Crippen LogP contribution in [0.5, 0.6) is 0 Å². The topological polar surface area (TPSA) is 29.5 Å². The second-order valence-electron chi connectivity index (χ2n) is 2.52. The normalized spacial score (nSPS) is 29.6. The molecule has 0 radical (unpaired) electrons. The highest BCUT2D eigenvalue weighted by atomic mass is 35.5. The number of aliphatic hydroxyl groups is 1. The Morgan fingerprint density at radius 1 is 1.75 bits per heavy atom. The van der Waals surface area contributed by atoms with Crippen LogP contribution in [-0.4, -0.2) is 16.8 Å². The molecule has 0 heterocycles. The van der Waals surface area contributed by atoms with Crippen molar-refractivity contribution in [2.45, 2.75) is 18.4 Å². The Bertz CT molecular complexity index is 235. The summed E-state index contributed by atoms with van der Waals surface area (Å²) in [6, 6.07) is 0. The minimum absolute atomic E-state index is 0.0626. The molecule has 0 aromatic heterocycles. The van der Waals surface area contributed by atoms with Gasteiger partial charge in [0.25, 0.3) is 0 Å². The van der Waals surface area contributed by atoms with Crippen molar-refractivity contribution in [2.75, 3.05) is 6.61 Å². The molecule has 0 aromatic carbocycles. The van der Waals surface area contributed by atoms with Crippen LogP contribution in [0.2, 0.25) is 0 Å². The zero-order valence-corrected chi connectivity index (χ0v) is 8.19. The Balaban J connectivity index is 2.72. The highest BCUT2D eigenvalue weighted by Gasteiger charge is 2.29. The van der Waals surface area contributed by atoms with Gasteiger partial charge in [0.05, 0.1) is 5.03 Å². The molecule has 0 amide bonds. The quantitative estimate of drug-likeness (QED) is 0.708. The first-order valence-corrected chi connectivity index (χ1v) is 4.43. The van der Waals surface area contributed by atoms with E-state index in [0.29, 0.717) is 18.1 Å². The van der Waals surface area contributed by atoms with E-state index in [1.54, 1.807) is 6.08 Å². The molecule has 68 valence electrons. The van der Waals surface area contributed by atoms with Crippen LogP contribution in [0.4, 0.5) is 0 Å². The summed E-state index contributed by atoms with van der Waals surface area (Å²) in [6.07, 6.45) is 3.36. The lowest BCUT2D eigenvalue weighted by Crippen LogP contribution is -2.25. The van der Waals surface area contributed by atoms with E-state index in [0.717, 1.165) is 0 Å². The van der Waals surface area contributed by atoms with Gasteiger partial charge in [-0.05, 0) is 19.1 Å². The van der Waals surface area contributed by atoms with Crippen LogP contribution in [0, 0.1) is 0 Å². The molecule has 1 N–H and O–H groups in total. The van der Waals surface area contributed by atoms with Crippen LogP contribution < -0.4 is 0 Å². The highest BCUT2D eigenvalue weighted by Crippen LogP contribution is 2.34. The van der Waals surface area contributed by atoms with Gasteiger partial charge < -0.3 is 9.84 Å². The number of ether oxygens (including phenoxy) is 1. The van der Waals surface area contributed by atoms with E-state index in [-0.39, 0.29) is 5.76 Å². The Kier molecular flexibility index (Phi) is 3.04. The van der Waals surface area contributed by atoms with Crippen molar-refractivity contribution < 1.29 is 9.84 Å². The van der Waals surface area contributed by atoms with E-state index >= 15 is 0 Å². The zero-order valence-electron chi connectivity index (χ0n) is 6.68. The van der Waals surface area contributed by atoms with Crippen molar-refractivity contribution >= 4 is 23.2 Å². The lowest BCUT2D eigenvalue weighted by Gasteiger charge is -2.25. The van der Waals surface area contributed by atoms with Gasteiger partial charge in [0.2, 0.25) is 0 Å². The van der Waals surface area contributed by atoms with E-state index < -0.39 is 5.06 Å². The number of hydrogen-bond donors (Lipinski definition) is 1. The molecule has 1 unspecified atom stereocenters. The molecule has 1 aliphatic carbocycles. The first kappa shape index (κ1) is 9.90. The Hall–Kier alpha value is -0.180. The van der Waals surface area contributed by atoms with Crippen molar-refractivity contribution in [1.82, 2.24) is 0 Å². The van der Waals surface area contributed by atoms with E-state index in [1.807, 2.05) is 6.92 Å². The number of aliphatic hydroxyl groups excluding tert-OH is 1. The van der Waals surface area contributed by atoms with Crippen LogP contribution >= 0.6 is 23.2 Å². The fourth-order valence-electron chi connectivity index (χ4n) is 0.994. The average Bonchev–Trinajstić information content (AvgIpc) is 1.98. The monoisotopic (exact) mass is 208 g/mol. The van der Waals surface area contributed by atoms with E-state index in [4.69, 9.17) is 33.0 Å². The van der Waals surface area contributed by atoms with Crippen molar-refractivity contribution in [1.29, 1.82) is 0 Å². The summed E-state index contributed by atoms with van der Waals surface area (Å²) in [6.45, 7) is 2.36. The third-order valence-corrected chi connectivity index (χ3v) is 2.24. The average molecular weight is 209 g/mol. The summed E-state index contributed by atoms with van der Waals surface area (Å²) in [5.74, 6) is 0.0626. The van der Waals surface area contributed by atoms with Gasteiger partial charge in [-0.15, -0.1) is 0 Å². The van der Waals surface area contributed by atoms with Gasteiger partial charge in [0.1, 0.15) is 5.76 Å². The van der Waals surface area contributed by atoms with Crippen LogP contribution in [0.3, 0.4) is 0 Å². The number of allylic oxidation sites excluding steroid dienone is 1. The lowest BCUT2D eigenvalue weighted by molar-refractivity contribution is 0.0628. The molecular formula is C8H10Cl2O2. The smallest absolute Gasteiger partial charge is 0.165 e. The van der Waals surface area contributed by atoms with Crippen LogP contribution in [0.25, 0.3) is 0 Å². The van der Waals surface area contributed by atoms with Crippen molar-refractivity contribution in [2.24, 2.45) is 0 Å². The van der Waals surface area contributed by atoms with Crippen LogP contribution in [0.1, 0.15) is 13.3 Å². The molecule has 0 aliphatic heterocycles. The van der Waals surface area contributed by atoms with Gasteiger partial charge in [-0.1, -0.05) is 23.2 Å². The molecule has 0 fully saturated rings. The number of rotatable bonds is 2. The van der Waals surface area contributed by atoms with E-state index in [9.17, 15) is 0 Å². The van der Waals surface area contributed by atoms with Gasteiger partial charge in [-0.25, -0.2) is 0 Å². The Morgan fingerprint density at radius 2 is 2.42 bits per heavy atom. The van der Waals surface area contributed by atoms with Gasteiger partial charge in [0, 0.05) is 13.0 Å². The largest absolute Gasteiger partial charge is 0.507 e. The minimum Gasteiger partial charge on any atom is -0.507 e. The van der Waals surface area contributed by atoms with Gasteiger partial charge in [-0.2, -0.15) is 0 Å². The summed E-state index contributed by atoms with van der Waals surface area (Å²) < 4.78 is 5.24. The summed E-state index contributed by atoms with van der Waals surface area (Å²) in [7, 11) is 0. The Morgan fingerprint density at radius 3 is 2.92 bits per heavy atom. The summed E-state index contributed by atoms with van der Waals surface area (Å²) in [5, 5.41) is 8.58. The zero-order chi connectivity index (χ0) is 9.19. The fraction of sp³-hybridized carbons (Fsp3) is 0.500. The third kappa shape index (κ3) is 2.16. The maximum Gasteiger partial charge on any atom is 0.165 e. The molecule has 1 aliphatic rings. The van der Waals surface area contributed by atoms with Crippen molar-refractivity contribution in [3.8, 4) is 0 Å². The second kappa shape index (κ2) is 3.69. The van der Waals surface area contributed by atoms with E-state index in [1.165, 1.54) is 6.08 Å². The summed E-state index contributed by atoms with van der Waals surface area (Å²) >= 11 is 11.7. The van der Waals surface area contributed by atoms with Gasteiger partial charge in [-0.3, -0.25) is 0 Å². The maximum atomic E-state index is 9.12. The third-order valence-electron chi connectivity index (χ3n) is 1.55. The fourth-order valence-corrected chi connectivity index (χ4v) is 1.63. The predicted molar refractivity (Wildman–Crippen MR) is 49.5 cm³/mol. The van der Waals surface area contributed by atoms with Crippen molar-refractivity contribution in [3.05, 3.63) is 22.9 Å². The van der Waals surface area contributed by atoms with Crippen molar-refractivity contribution in [3.63, 3.8) is 0 Å². The molecule has 0 saturated carbocycles. The molecule has 2 nitrogen and oxygen atoms in total. The predicted octanol–water partition coefficient (Wildman–Crippen LogP) is 2.93. The number of hydrogen-bond acceptors (Lipinski definition) is 2. The summed E-state index contributed by atoms with van der Waals surface area (Å²) in [5.41, 5.74) is 0. The van der Waals surface area contributed by atoms with Crippen LogP contribution in [-0.2, 0) is 4.74 Å². The second-order valence-corrected chi connectivity index (χ2v) is 3.62. The highest BCUT2D eigenvalue weighted by molar-refractivity contribution is 6.32. The first-order chi connectivity index (χ1) is 5.57. The van der Waals surface area contributed by atoms with Gasteiger partial charge in [0.15, 0.2) is 5.06 Å². The molecule has 0 bridgehead atoms. The number of alkyl halides is 1. The minimum atomic E-state index is -0.877. The maximum absolute atomic E-state index is 9.12.